The maximum atomic E-state index is 12.4. The van der Waals surface area contributed by atoms with E-state index in [0.29, 0.717) is 5.69 Å². The highest BCUT2D eigenvalue weighted by Crippen LogP contribution is 2.33. The maximum absolute atomic E-state index is 12.4. The number of fused-ring (bicyclic) bond motifs is 1. The number of aliphatic carboxylic acids is 1. The topological polar surface area (TPSA) is 70.1 Å². The minimum absolute atomic E-state index is 0.231. The molecule has 8 heteroatoms. The van der Waals surface area contributed by atoms with Crippen molar-refractivity contribution in [2.24, 2.45) is 0 Å². The zero-order valence-corrected chi connectivity index (χ0v) is 11.2. The Kier molecular flexibility index (Phi) is 4.25. The van der Waals surface area contributed by atoms with Gasteiger partial charge in [-0.15, -0.1) is 0 Å². The summed E-state index contributed by atoms with van der Waals surface area (Å²) in [5.41, 5.74) is 0.362. The summed E-state index contributed by atoms with van der Waals surface area (Å²) in [6, 6.07) is 5.68. The molecule has 0 saturated heterocycles. The number of nitrogens with zero attached hydrogens (tertiary/aromatic N) is 2. The molecule has 1 atom stereocenters. The fourth-order valence-corrected chi connectivity index (χ4v) is 2.04. The predicted molar refractivity (Wildman–Crippen MR) is 69.9 cm³/mol. The van der Waals surface area contributed by atoms with Crippen LogP contribution in [-0.4, -0.2) is 54.7 Å². The Morgan fingerprint density at radius 3 is 2.76 bits per heavy atom. The molecule has 0 saturated carbocycles. The average molecular weight is 300 g/mol. The molecule has 1 heterocycles. The van der Waals surface area contributed by atoms with Crippen molar-refractivity contribution in [3.8, 4) is 5.75 Å². The number of amides is 2. The molecule has 0 fully saturated rings. The third-order valence-electron chi connectivity index (χ3n) is 3.02. The first-order chi connectivity index (χ1) is 9.90. The van der Waals surface area contributed by atoms with Crippen LogP contribution in [0.5, 0.6) is 5.75 Å². The highest BCUT2D eigenvalue weighted by atomic mass is 19.3. The van der Waals surface area contributed by atoms with E-state index in [9.17, 15) is 18.4 Å². The number of halogens is 2. The van der Waals surface area contributed by atoms with E-state index in [1.165, 1.54) is 13.1 Å². The second-order valence-electron chi connectivity index (χ2n) is 4.58. The molecule has 1 aromatic rings. The number of urea groups is 1. The van der Waals surface area contributed by atoms with Crippen LogP contribution in [-0.2, 0) is 4.79 Å². The number of carbonyl (C=O) groups excluding carboxylic acids is 1. The third-order valence-corrected chi connectivity index (χ3v) is 3.02. The Hall–Kier alpha value is -2.38. The first kappa shape index (κ1) is 15.0. The third kappa shape index (κ3) is 3.21. The van der Waals surface area contributed by atoms with Crippen LogP contribution in [0.2, 0.25) is 0 Å². The molecule has 1 aliphatic rings. The Morgan fingerprint density at radius 1 is 1.48 bits per heavy atom. The Morgan fingerprint density at radius 2 is 2.14 bits per heavy atom. The van der Waals surface area contributed by atoms with E-state index >= 15 is 0 Å². The lowest BCUT2D eigenvalue weighted by molar-refractivity contribution is -0.144. The summed E-state index contributed by atoms with van der Waals surface area (Å²) in [5, 5.41) is 9.05. The molecule has 1 N–H and O–H groups in total. The van der Waals surface area contributed by atoms with Crippen LogP contribution in [0.4, 0.5) is 19.3 Å². The lowest BCUT2D eigenvalue weighted by atomic mass is 10.2. The molecule has 1 aromatic carbocycles. The number of carbonyl (C=O) groups is 2. The fraction of sp³-hybridized carbons (Fsp3) is 0.385. The molecule has 2 rings (SSSR count). The smallest absolute Gasteiger partial charge is 0.346 e. The number of hydrogen-bond acceptors (Lipinski definition) is 3. The van der Waals surface area contributed by atoms with Crippen molar-refractivity contribution in [1.29, 1.82) is 0 Å². The maximum Gasteiger partial charge on any atom is 0.346 e. The van der Waals surface area contributed by atoms with Gasteiger partial charge in [0.15, 0.2) is 0 Å². The van der Waals surface area contributed by atoms with Crippen molar-refractivity contribution < 1.29 is 28.2 Å². The molecule has 21 heavy (non-hydrogen) atoms. The number of hydrogen-bond donors (Lipinski definition) is 1. The van der Waals surface area contributed by atoms with Crippen LogP contribution in [0.1, 0.15) is 0 Å². The summed E-state index contributed by atoms with van der Waals surface area (Å²) in [6.45, 7) is -0.963. The molecule has 0 spiro atoms. The summed E-state index contributed by atoms with van der Waals surface area (Å²) in [7, 11) is 1.24. The van der Waals surface area contributed by atoms with Crippen molar-refractivity contribution in [2.75, 3.05) is 25.0 Å². The van der Waals surface area contributed by atoms with Crippen LogP contribution in [0, 0.1) is 0 Å². The van der Waals surface area contributed by atoms with Crippen molar-refractivity contribution in [3.05, 3.63) is 24.3 Å². The molecule has 0 radical (unpaired) electrons. The number of carboxylic acids is 1. The summed E-state index contributed by atoms with van der Waals surface area (Å²) < 4.78 is 30.0. The lowest BCUT2D eigenvalue weighted by Gasteiger charge is -2.35. The number of benzene rings is 1. The second-order valence-corrected chi connectivity index (χ2v) is 4.58. The second kappa shape index (κ2) is 5.94. The zero-order valence-electron chi connectivity index (χ0n) is 11.2. The van der Waals surface area contributed by atoms with E-state index in [-0.39, 0.29) is 12.3 Å². The lowest BCUT2D eigenvalue weighted by Crippen LogP contribution is -2.51. The Labute approximate surface area is 119 Å². The molecular weight excluding hydrogens is 286 g/mol. The monoisotopic (exact) mass is 300 g/mol. The van der Waals surface area contributed by atoms with E-state index in [0.717, 1.165) is 9.80 Å². The SMILES string of the molecule is CN(CC(F)F)C(=O)N1CC(C(=O)O)Oc2ccccc21. The van der Waals surface area contributed by atoms with Gasteiger partial charge >= 0.3 is 12.0 Å². The first-order valence-corrected chi connectivity index (χ1v) is 6.19. The van der Waals surface area contributed by atoms with Gasteiger partial charge in [0.25, 0.3) is 6.43 Å². The van der Waals surface area contributed by atoms with E-state index in [2.05, 4.69) is 0 Å². The molecule has 0 aromatic heterocycles. The van der Waals surface area contributed by atoms with Crippen LogP contribution < -0.4 is 9.64 Å². The van der Waals surface area contributed by atoms with Gasteiger partial charge in [-0.3, -0.25) is 4.90 Å². The van der Waals surface area contributed by atoms with E-state index in [1.807, 2.05) is 0 Å². The van der Waals surface area contributed by atoms with Gasteiger partial charge in [-0.1, -0.05) is 12.1 Å². The van der Waals surface area contributed by atoms with Crippen LogP contribution in [0.3, 0.4) is 0 Å². The summed E-state index contributed by atoms with van der Waals surface area (Å²) >= 11 is 0. The Balaban J connectivity index is 2.28. The number of anilines is 1. The quantitative estimate of drug-likeness (QED) is 0.921. The van der Waals surface area contributed by atoms with Crippen molar-refractivity contribution in [3.63, 3.8) is 0 Å². The minimum Gasteiger partial charge on any atom is -0.478 e. The van der Waals surface area contributed by atoms with Gasteiger partial charge in [-0.25, -0.2) is 18.4 Å². The molecule has 6 nitrogen and oxygen atoms in total. The van der Waals surface area contributed by atoms with Gasteiger partial charge in [-0.05, 0) is 12.1 Å². The number of ether oxygens (including phenoxy) is 1. The minimum atomic E-state index is -2.66. The van der Waals surface area contributed by atoms with Crippen LogP contribution in [0.15, 0.2) is 24.3 Å². The molecule has 1 aliphatic heterocycles. The molecule has 0 aliphatic carbocycles. The highest BCUT2D eigenvalue weighted by Gasteiger charge is 2.35. The number of rotatable bonds is 3. The van der Waals surface area contributed by atoms with Crippen molar-refractivity contribution in [1.82, 2.24) is 4.90 Å². The normalized spacial score (nSPS) is 17.1. The number of carboxylic acid groups (broad SMARTS) is 1. The van der Waals surface area contributed by atoms with Gasteiger partial charge in [0.05, 0.1) is 18.8 Å². The zero-order chi connectivity index (χ0) is 15.6. The summed E-state index contributed by atoms with van der Waals surface area (Å²) in [5.74, 6) is -0.992. The number of alkyl halides is 2. The van der Waals surface area contributed by atoms with Crippen LogP contribution in [0.25, 0.3) is 0 Å². The molecule has 2 amide bonds. The van der Waals surface area contributed by atoms with Crippen molar-refractivity contribution >= 4 is 17.7 Å². The summed E-state index contributed by atoms with van der Waals surface area (Å²) in [6.07, 6.45) is -3.89. The van der Waals surface area contributed by atoms with E-state index in [1.54, 1.807) is 18.2 Å². The van der Waals surface area contributed by atoms with Gasteiger partial charge in [-0.2, -0.15) is 0 Å². The van der Waals surface area contributed by atoms with Gasteiger partial charge in [0, 0.05) is 7.05 Å². The van der Waals surface area contributed by atoms with Crippen LogP contribution >= 0.6 is 0 Å². The first-order valence-electron chi connectivity index (χ1n) is 6.19. The van der Waals surface area contributed by atoms with Gasteiger partial charge in [0.2, 0.25) is 6.10 Å². The molecule has 114 valence electrons. The standard InChI is InChI=1S/C13H14F2N2O4/c1-16(7-11(14)15)13(20)17-6-10(12(18)19)21-9-5-3-2-4-8(9)17/h2-5,10-11H,6-7H2,1H3,(H,18,19). The van der Waals surface area contributed by atoms with Gasteiger partial charge in [0.1, 0.15) is 5.75 Å². The largest absolute Gasteiger partial charge is 0.478 e. The Bertz CT molecular complexity index is 553. The molecular formula is C13H14F2N2O4. The van der Waals surface area contributed by atoms with Crippen molar-refractivity contribution in [2.45, 2.75) is 12.5 Å². The van der Waals surface area contributed by atoms with Gasteiger partial charge < -0.3 is 14.7 Å². The average Bonchev–Trinajstić information content (AvgIpc) is 2.44. The number of para-hydroxylation sites is 2. The van der Waals surface area contributed by atoms with E-state index < -0.39 is 31.1 Å². The fourth-order valence-electron chi connectivity index (χ4n) is 2.04. The molecule has 0 bridgehead atoms. The van der Waals surface area contributed by atoms with E-state index in [4.69, 9.17) is 9.84 Å². The summed E-state index contributed by atoms with van der Waals surface area (Å²) in [4.78, 5) is 25.3. The predicted octanol–water partition coefficient (Wildman–Crippen LogP) is 1.66. The highest BCUT2D eigenvalue weighted by molar-refractivity contribution is 5.95. The molecule has 1 unspecified atom stereocenters.